The molecule has 0 radical (unpaired) electrons. The molecule has 0 saturated carbocycles. The van der Waals surface area contributed by atoms with E-state index in [0.29, 0.717) is 31.2 Å². The van der Waals surface area contributed by atoms with Gasteiger partial charge in [0.25, 0.3) is 0 Å². The van der Waals surface area contributed by atoms with Crippen molar-refractivity contribution in [3.63, 3.8) is 0 Å². The Bertz CT molecular complexity index is 553. The Labute approximate surface area is 140 Å². The van der Waals surface area contributed by atoms with Crippen LogP contribution < -0.4 is 5.32 Å². The molecule has 0 atom stereocenters. The van der Waals surface area contributed by atoms with Crippen LogP contribution in [0.3, 0.4) is 0 Å². The van der Waals surface area contributed by atoms with Crippen LogP contribution in [0.1, 0.15) is 32.9 Å². The predicted molar refractivity (Wildman–Crippen MR) is 87.7 cm³/mol. The van der Waals surface area contributed by atoms with Crippen molar-refractivity contribution < 1.29 is 19.1 Å². The van der Waals surface area contributed by atoms with Gasteiger partial charge < -0.3 is 14.4 Å². The molecule has 2 rings (SSSR count). The number of amides is 2. The van der Waals surface area contributed by atoms with Crippen molar-refractivity contribution in [1.29, 1.82) is 0 Å². The van der Waals surface area contributed by atoms with Crippen molar-refractivity contribution in [2.24, 2.45) is 0 Å². The third-order valence-corrected chi connectivity index (χ3v) is 3.90. The molecule has 1 fully saturated rings. The minimum atomic E-state index is -0.542. The second-order valence-corrected chi connectivity index (χ2v) is 7.17. The van der Waals surface area contributed by atoms with Gasteiger partial charge in [-0.25, -0.2) is 9.78 Å². The van der Waals surface area contributed by atoms with E-state index >= 15 is 0 Å². The molecule has 1 N–H and O–H groups in total. The SMILES string of the molecule is CC(C)(C)OC(=O)Nc1nc(CCN2CCCOCC2=O)cs1. The molecule has 1 aliphatic heterocycles. The Balaban J connectivity index is 1.82. The van der Waals surface area contributed by atoms with E-state index in [1.54, 1.807) is 4.90 Å². The predicted octanol–water partition coefficient (Wildman–Crippen LogP) is 2.28. The fourth-order valence-electron chi connectivity index (χ4n) is 2.09. The molecule has 8 heteroatoms. The summed E-state index contributed by atoms with van der Waals surface area (Å²) in [4.78, 5) is 29.7. The lowest BCUT2D eigenvalue weighted by Crippen LogP contribution is -2.34. The van der Waals surface area contributed by atoms with Crippen LogP contribution in [0.15, 0.2) is 5.38 Å². The van der Waals surface area contributed by atoms with Crippen molar-refractivity contribution in [1.82, 2.24) is 9.88 Å². The van der Waals surface area contributed by atoms with Gasteiger partial charge in [0.15, 0.2) is 5.13 Å². The lowest BCUT2D eigenvalue weighted by atomic mass is 10.2. The number of ether oxygens (including phenoxy) is 2. The Morgan fingerprint density at radius 1 is 1.52 bits per heavy atom. The zero-order chi connectivity index (χ0) is 16.9. The third-order valence-electron chi connectivity index (χ3n) is 3.09. The Hall–Kier alpha value is -1.67. The topological polar surface area (TPSA) is 80.8 Å². The number of nitrogens with one attached hydrogen (secondary N) is 1. The van der Waals surface area contributed by atoms with Crippen LogP contribution in [0.5, 0.6) is 0 Å². The number of hydrogen-bond acceptors (Lipinski definition) is 6. The maximum Gasteiger partial charge on any atom is 0.413 e. The van der Waals surface area contributed by atoms with E-state index in [-0.39, 0.29) is 12.5 Å². The molecule has 2 amide bonds. The van der Waals surface area contributed by atoms with E-state index in [4.69, 9.17) is 9.47 Å². The molecule has 128 valence electrons. The second-order valence-electron chi connectivity index (χ2n) is 6.31. The monoisotopic (exact) mass is 341 g/mol. The first-order valence-electron chi connectivity index (χ1n) is 7.63. The van der Waals surface area contributed by atoms with E-state index in [9.17, 15) is 9.59 Å². The number of rotatable bonds is 4. The van der Waals surface area contributed by atoms with Gasteiger partial charge in [0, 0.05) is 31.5 Å². The summed E-state index contributed by atoms with van der Waals surface area (Å²) in [5.74, 6) is 0.0184. The summed E-state index contributed by atoms with van der Waals surface area (Å²) in [6.07, 6.45) is 0.991. The smallest absolute Gasteiger partial charge is 0.413 e. The number of carbonyl (C=O) groups is 2. The van der Waals surface area contributed by atoms with Crippen LogP contribution in [0.2, 0.25) is 0 Å². The highest BCUT2D eigenvalue weighted by Gasteiger charge is 2.19. The minimum Gasteiger partial charge on any atom is -0.444 e. The van der Waals surface area contributed by atoms with E-state index in [0.717, 1.165) is 12.1 Å². The summed E-state index contributed by atoms with van der Waals surface area (Å²) in [6.45, 7) is 7.53. The summed E-state index contributed by atoms with van der Waals surface area (Å²) in [7, 11) is 0. The lowest BCUT2D eigenvalue weighted by molar-refractivity contribution is -0.133. The number of nitrogens with zero attached hydrogens (tertiary/aromatic N) is 2. The van der Waals surface area contributed by atoms with Crippen LogP contribution in [-0.2, 0) is 20.7 Å². The second kappa shape index (κ2) is 7.74. The maximum absolute atomic E-state index is 11.8. The first-order valence-corrected chi connectivity index (χ1v) is 8.51. The average molecular weight is 341 g/mol. The van der Waals surface area contributed by atoms with E-state index < -0.39 is 11.7 Å². The number of hydrogen-bond donors (Lipinski definition) is 1. The maximum atomic E-state index is 11.8. The molecule has 0 aliphatic carbocycles. The number of thiazole rings is 1. The molecule has 0 unspecified atom stereocenters. The Morgan fingerprint density at radius 2 is 2.30 bits per heavy atom. The lowest BCUT2D eigenvalue weighted by Gasteiger charge is -2.19. The highest BCUT2D eigenvalue weighted by atomic mass is 32.1. The van der Waals surface area contributed by atoms with Crippen LogP contribution in [0.4, 0.5) is 9.93 Å². The molecule has 23 heavy (non-hydrogen) atoms. The molecule has 0 spiro atoms. The summed E-state index contributed by atoms with van der Waals surface area (Å²) >= 11 is 1.34. The number of carbonyl (C=O) groups excluding carboxylic acids is 2. The van der Waals surface area contributed by atoms with Crippen LogP contribution >= 0.6 is 11.3 Å². The Kier molecular flexibility index (Phi) is 5.95. The van der Waals surface area contributed by atoms with Crippen molar-refractivity contribution in [2.75, 3.05) is 31.6 Å². The zero-order valence-corrected chi connectivity index (χ0v) is 14.6. The largest absolute Gasteiger partial charge is 0.444 e. The van der Waals surface area contributed by atoms with Gasteiger partial charge in [0.1, 0.15) is 12.2 Å². The first kappa shape index (κ1) is 17.7. The third kappa shape index (κ3) is 6.15. The molecular weight excluding hydrogens is 318 g/mol. The van der Waals surface area contributed by atoms with E-state index in [1.165, 1.54) is 11.3 Å². The van der Waals surface area contributed by atoms with Crippen molar-refractivity contribution >= 4 is 28.5 Å². The summed E-state index contributed by atoms with van der Waals surface area (Å²) in [6, 6.07) is 0. The van der Waals surface area contributed by atoms with E-state index in [1.807, 2.05) is 26.2 Å². The van der Waals surface area contributed by atoms with Gasteiger partial charge in [-0.05, 0) is 27.2 Å². The highest BCUT2D eigenvalue weighted by Crippen LogP contribution is 2.18. The normalized spacial score (nSPS) is 16.1. The van der Waals surface area contributed by atoms with E-state index in [2.05, 4.69) is 10.3 Å². The minimum absolute atomic E-state index is 0.0184. The molecule has 0 bridgehead atoms. The molecule has 2 heterocycles. The van der Waals surface area contributed by atoms with Crippen LogP contribution in [0.25, 0.3) is 0 Å². The number of aromatic nitrogens is 1. The summed E-state index contributed by atoms with van der Waals surface area (Å²) in [5.41, 5.74) is 0.304. The summed E-state index contributed by atoms with van der Waals surface area (Å²) < 4.78 is 10.4. The molecular formula is C15H23N3O4S. The van der Waals surface area contributed by atoms with Crippen molar-refractivity contribution in [2.45, 2.75) is 39.2 Å². The van der Waals surface area contributed by atoms with Crippen LogP contribution in [-0.4, -0.2) is 53.8 Å². The Morgan fingerprint density at radius 3 is 3.04 bits per heavy atom. The first-order chi connectivity index (χ1) is 10.8. The molecule has 1 aliphatic rings. The zero-order valence-electron chi connectivity index (χ0n) is 13.8. The van der Waals surface area contributed by atoms with Crippen molar-refractivity contribution in [3.8, 4) is 0 Å². The molecule has 7 nitrogen and oxygen atoms in total. The van der Waals surface area contributed by atoms with Gasteiger partial charge in [0.05, 0.1) is 5.69 Å². The molecule has 0 aromatic carbocycles. The van der Waals surface area contributed by atoms with Gasteiger partial charge in [-0.15, -0.1) is 11.3 Å². The van der Waals surface area contributed by atoms with Gasteiger partial charge in [-0.1, -0.05) is 0 Å². The van der Waals surface area contributed by atoms with Gasteiger partial charge >= 0.3 is 6.09 Å². The molecule has 1 saturated heterocycles. The summed E-state index contributed by atoms with van der Waals surface area (Å²) in [5, 5.41) is 5.00. The van der Waals surface area contributed by atoms with Gasteiger partial charge in [-0.3, -0.25) is 10.1 Å². The number of anilines is 1. The van der Waals surface area contributed by atoms with Gasteiger partial charge in [0.2, 0.25) is 5.91 Å². The fraction of sp³-hybridized carbons (Fsp3) is 0.667. The van der Waals surface area contributed by atoms with Crippen molar-refractivity contribution in [3.05, 3.63) is 11.1 Å². The molecule has 1 aromatic rings. The quantitative estimate of drug-likeness (QED) is 0.909. The highest BCUT2D eigenvalue weighted by molar-refractivity contribution is 7.13. The fourth-order valence-corrected chi connectivity index (χ4v) is 2.82. The standard InChI is InChI=1S/C15H23N3O4S/c1-15(2,3)22-14(20)17-13-16-11(10-23-13)5-7-18-6-4-8-21-9-12(18)19/h10H,4-9H2,1-3H3,(H,16,17,20). The van der Waals surface area contributed by atoms with Gasteiger partial charge in [-0.2, -0.15) is 0 Å². The van der Waals surface area contributed by atoms with Crippen LogP contribution in [0, 0.1) is 0 Å². The molecule has 1 aromatic heterocycles. The average Bonchev–Trinajstić information content (AvgIpc) is 2.76.